The van der Waals surface area contributed by atoms with Crippen molar-refractivity contribution in [1.29, 1.82) is 0 Å². The molecule has 2 heterocycles. The molecule has 1 unspecified atom stereocenters. The van der Waals surface area contributed by atoms with Crippen LogP contribution < -0.4 is 0 Å². The topological polar surface area (TPSA) is 48.1 Å². The Bertz CT molecular complexity index is 557. The van der Waals surface area contributed by atoms with E-state index in [1.54, 1.807) is 18.3 Å². The predicted molar refractivity (Wildman–Crippen MR) is 64.1 cm³/mol. The summed E-state index contributed by atoms with van der Waals surface area (Å²) in [7, 11) is 0. The van der Waals surface area contributed by atoms with Crippen molar-refractivity contribution in [2.75, 3.05) is 0 Å². The fourth-order valence-electron chi connectivity index (χ4n) is 2.46. The third-order valence-corrected chi connectivity index (χ3v) is 3.66. The molecular formula is C12H11ClN2O2. The first-order valence-electron chi connectivity index (χ1n) is 5.62. The molecule has 0 bridgehead atoms. The molecule has 0 spiro atoms. The highest BCUT2D eigenvalue weighted by atomic mass is 35.5. The van der Waals surface area contributed by atoms with E-state index >= 15 is 0 Å². The summed E-state index contributed by atoms with van der Waals surface area (Å²) >= 11 is 6.04. The van der Waals surface area contributed by atoms with Crippen LogP contribution in [0.4, 0.5) is 0 Å². The second-order valence-electron chi connectivity index (χ2n) is 4.30. The Balaban J connectivity index is 2.26. The number of allylic oxidation sites excluding steroid dienone is 2. The van der Waals surface area contributed by atoms with Gasteiger partial charge in [-0.15, -0.1) is 0 Å². The van der Waals surface area contributed by atoms with Crippen LogP contribution in [0.5, 0.6) is 0 Å². The molecule has 0 radical (unpaired) electrons. The van der Waals surface area contributed by atoms with Crippen molar-refractivity contribution in [1.82, 2.24) is 4.57 Å². The molecule has 1 atom stereocenters. The van der Waals surface area contributed by atoms with E-state index in [9.17, 15) is 10.0 Å². The number of halogens is 1. The first kappa shape index (κ1) is 10.6. The summed E-state index contributed by atoms with van der Waals surface area (Å²) in [5, 5.41) is 12.2. The van der Waals surface area contributed by atoms with Crippen molar-refractivity contribution in [2.45, 2.75) is 19.3 Å². The van der Waals surface area contributed by atoms with Crippen molar-refractivity contribution in [2.24, 2.45) is 5.92 Å². The monoisotopic (exact) mass is 250 g/mol. The number of fused-ring (bicyclic) bond motifs is 2. The quantitative estimate of drug-likeness (QED) is 0.524. The molecule has 1 aromatic heterocycles. The molecule has 0 amide bonds. The largest absolute Gasteiger partial charge is 0.617 e. The third-order valence-electron chi connectivity index (χ3n) is 3.32. The predicted octanol–water partition coefficient (Wildman–Crippen LogP) is 2.32. The van der Waals surface area contributed by atoms with Gasteiger partial charge in [0.2, 0.25) is 11.6 Å². The lowest BCUT2D eigenvalue weighted by molar-refractivity contribution is -0.406. The van der Waals surface area contributed by atoms with Crippen LogP contribution >= 0.6 is 11.6 Å². The van der Waals surface area contributed by atoms with Crippen LogP contribution in [-0.2, 0) is 0 Å². The minimum absolute atomic E-state index is 0.0625. The number of nitrogens with zero attached hydrogens (tertiary/aromatic N) is 2. The lowest BCUT2D eigenvalue weighted by Gasteiger charge is -2.18. The summed E-state index contributed by atoms with van der Waals surface area (Å²) < 4.78 is 2.17. The molecule has 5 heteroatoms. The number of hydrogen-bond donors (Lipinski definition) is 0. The number of rotatable bonds is 0. The Hall–Kier alpha value is -1.55. The average molecular weight is 251 g/mol. The highest BCUT2D eigenvalue weighted by Gasteiger charge is 2.37. The average Bonchev–Trinajstić information content (AvgIpc) is 2.82. The van der Waals surface area contributed by atoms with Gasteiger partial charge in [-0.1, -0.05) is 0 Å². The molecule has 0 saturated heterocycles. The summed E-state index contributed by atoms with van der Waals surface area (Å²) in [5.41, 5.74) is 0.969. The minimum atomic E-state index is -0.358. The summed E-state index contributed by atoms with van der Waals surface area (Å²) in [6.45, 7) is 0. The molecule has 1 aliphatic heterocycles. The SMILES string of the molecule is O=C1C2CCCC=C2[N+]([O-])=C(Cl)c2cccn21. The number of carbonyl (C=O) groups is 1. The Kier molecular flexibility index (Phi) is 2.33. The number of hydroxylamine groups is 1. The molecule has 88 valence electrons. The molecule has 1 aromatic rings. The van der Waals surface area contributed by atoms with E-state index in [1.807, 2.05) is 6.08 Å². The van der Waals surface area contributed by atoms with Crippen LogP contribution in [0.25, 0.3) is 0 Å². The van der Waals surface area contributed by atoms with E-state index in [0.717, 1.165) is 12.8 Å². The van der Waals surface area contributed by atoms with E-state index in [-0.39, 0.29) is 17.0 Å². The van der Waals surface area contributed by atoms with Gasteiger partial charge in [0, 0.05) is 6.20 Å². The van der Waals surface area contributed by atoms with Crippen molar-refractivity contribution >= 4 is 22.7 Å². The van der Waals surface area contributed by atoms with Gasteiger partial charge in [-0.3, -0.25) is 9.36 Å². The molecule has 0 N–H and O–H groups in total. The Labute approximate surface area is 103 Å². The first-order valence-corrected chi connectivity index (χ1v) is 5.99. The molecule has 2 aliphatic rings. The van der Waals surface area contributed by atoms with Gasteiger partial charge in [-0.05, 0) is 49.1 Å². The van der Waals surface area contributed by atoms with E-state index in [0.29, 0.717) is 22.6 Å². The van der Waals surface area contributed by atoms with Gasteiger partial charge in [-0.2, -0.15) is 4.74 Å². The van der Waals surface area contributed by atoms with Gasteiger partial charge in [0.25, 0.3) is 0 Å². The maximum Gasteiger partial charge on any atom is 0.311 e. The molecule has 0 saturated carbocycles. The van der Waals surface area contributed by atoms with Crippen LogP contribution in [0.15, 0.2) is 30.1 Å². The van der Waals surface area contributed by atoms with Crippen LogP contribution in [-0.4, -0.2) is 20.4 Å². The lowest BCUT2D eigenvalue weighted by atomic mass is 9.91. The van der Waals surface area contributed by atoms with Gasteiger partial charge in [-0.25, -0.2) is 0 Å². The van der Waals surface area contributed by atoms with Crippen LogP contribution in [0.1, 0.15) is 29.8 Å². The minimum Gasteiger partial charge on any atom is -0.617 e. The van der Waals surface area contributed by atoms with E-state index in [1.165, 1.54) is 4.57 Å². The lowest BCUT2D eigenvalue weighted by Crippen LogP contribution is -2.26. The van der Waals surface area contributed by atoms with Crippen molar-refractivity contribution < 1.29 is 9.53 Å². The zero-order valence-corrected chi connectivity index (χ0v) is 9.85. The summed E-state index contributed by atoms with van der Waals surface area (Å²) in [4.78, 5) is 12.3. The molecular weight excluding hydrogens is 240 g/mol. The Morgan fingerprint density at radius 3 is 3.18 bits per heavy atom. The van der Waals surface area contributed by atoms with E-state index in [2.05, 4.69) is 0 Å². The third kappa shape index (κ3) is 1.44. The van der Waals surface area contributed by atoms with Crippen LogP contribution in [0, 0.1) is 11.1 Å². The number of hydrogen-bond acceptors (Lipinski definition) is 2. The first-order chi connectivity index (χ1) is 8.20. The van der Waals surface area contributed by atoms with E-state index in [4.69, 9.17) is 11.6 Å². The molecule has 4 nitrogen and oxygen atoms in total. The summed E-state index contributed by atoms with van der Waals surface area (Å²) in [5.74, 6) is -0.420. The standard InChI is InChI=1S/C12H11ClN2O2/c13-11-10-6-3-7-14(10)12(16)8-4-1-2-5-9(8)15(11)17/h3,5-8H,1-2,4H2. The second-order valence-corrected chi connectivity index (χ2v) is 4.66. The van der Waals surface area contributed by atoms with Gasteiger partial charge in [0.15, 0.2) is 0 Å². The summed E-state index contributed by atoms with van der Waals surface area (Å²) in [6.07, 6.45) is 5.96. The van der Waals surface area contributed by atoms with Crippen LogP contribution in [0.2, 0.25) is 0 Å². The molecule has 17 heavy (non-hydrogen) atoms. The van der Waals surface area contributed by atoms with Gasteiger partial charge in [0.1, 0.15) is 11.6 Å². The number of aromatic nitrogens is 1. The maximum atomic E-state index is 12.3. The Morgan fingerprint density at radius 2 is 2.35 bits per heavy atom. The summed E-state index contributed by atoms with van der Waals surface area (Å²) in [6, 6.07) is 3.41. The fraction of sp³-hybridized carbons (Fsp3) is 0.333. The smallest absolute Gasteiger partial charge is 0.311 e. The molecule has 3 rings (SSSR count). The van der Waals surface area contributed by atoms with Gasteiger partial charge >= 0.3 is 5.17 Å². The van der Waals surface area contributed by atoms with Gasteiger partial charge < -0.3 is 5.21 Å². The normalized spacial score (nSPS) is 23.9. The van der Waals surface area contributed by atoms with Crippen molar-refractivity contribution in [3.8, 4) is 0 Å². The highest BCUT2D eigenvalue weighted by Crippen LogP contribution is 2.30. The molecule has 0 fully saturated rings. The molecule has 1 aliphatic carbocycles. The molecule has 0 aromatic carbocycles. The zero-order valence-electron chi connectivity index (χ0n) is 9.10. The zero-order chi connectivity index (χ0) is 12.0. The van der Waals surface area contributed by atoms with E-state index < -0.39 is 0 Å². The fourth-order valence-corrected chi connectivity index (χ4v) is 2.71. The Morgan fingerprint density at radius 1 is 1.53 bits per heavy atom. The van der Waals surface area contributed by atoms with Gasteiger partial charge in [0.05, 0.1) is 0 Å². The highest BCUT2D eigenvalue weighted by molar-refractivity contribution is 6.68. The maximum absolute atomic E-state index is 12.3. The van der Waals surface area contributed by atoms with Crippen LogP contribution in [0.3, 0.4) is 0 Å². The second kappa shape index (κ2) is 3.74. The van der Waals surface area contributed by atoms with Crippen molar-refractivity contribution in [3.63, 3.8) is 0 Å². The van der Waals surface area contributed by atoms with Crippen molar-refractivity contribution in [3.05, 3.63) is 41.0 Å². The number of carbonyl (C=O) groups excluding carboxylic acids is 1.